The van der Waals surface area contributed by atoms with Gasteiger partial charge in [-0.05, 0) is 25.2 Å². The third-order valence-corrected chi connectivity index (χ3v) is 3.33. The van der Waals surface area contributed by atoms with Gasteiger partial charge in [0.1, 0.15) is 0 Å². The number of carboxylic acid groups (broad SMARTS) is 1. The van der Waals surface area contributed by atoms with Gasteiger partial charge in [-0.25, -0.2) is 0 Å². The van der Waals surface area contributed by atoms with Crippen LogP contribution in [0.3, 0.4) is 0 Å². The summed E-state index contributed by atoms with van der Waals surface area (Å²) in [4.78, 5) is 10.7. The summed E-state index contributed by atoms with van der Waals surface area (Å²) in [6, 6.07) is 0.374. The fraction of sp³-hybridized carbons (Fsp3) is 0.909. The van der Waals surface area contributed by atoms with Crippen LogP contribution in [-0.4, -0.2) is 36.4 Å². The van der Waals surface area contributed by atoms with E-state index in [-0.39, 0.29) is 5.92 Å². The van der Waals surface area contributed by atoms with Gasteiger partial charge in [-0.15, -0.1) is 0 Å². The first-order chi connectivity index (χ1) is 7.18. The van der Waals surface area contributed by atoms with E-state index in [9.17, 15) is 4.79 Å². The van der Waals surface area contributed by atoms with Gasteiger partial charge < -0.3 is 15.2 Å². The second-order valence-electron chi connectivity index (χ2n) is 4.72. The molecule has 2 rings (SSSR count). The topological polar surface area (TPSA) is 58.6 Å². The number of carbonyl (C=O) groups is 1. The minimum absolute atomic E-state index is 0.314. The maximum atomic E-state index is 10.7. The molecule has 2 fully saturated rings. The summed E-state index contributed by atoms with van der Waals surface area (Å²) in [5.74, 6) is -0.319. The molecule has 3 atom stereocenters. The van der Waals surface area contributed by atoms with Crippen LogP contribution in [0.4, 0.5) is 0 Å². The van der Waals surface area contributed by atoms with Crippen molar-refractivity contribution in [3.63, 3.8) is 0 Å². The van der Waals surface area contributed by atoms with Crippen LogP contribution < -0.4 is 5.32 Å². The summed E-state index contributed by atoms with van der Waals surface area (Å²) in [7, 11) is 0. The van der Waals surface area contributed by atoms with Gasteiger partial charge in [-0.3, -0.25) is 4.79 Å². The fourth-order valence-electron chi connectivity index (χ4n) is 2.13. The standard InChI is InChI=1S/C11H19NO3/c1-7(11(13)14)6-12-9-4-5-15-10(9)8-2-3-8/h7-10,12H,2-6H2,1H3,(H,13,14). The molecular weight excluding hydrogens is 194 g/mol. The average molecular weight is 213 g/mol. The second-order valence-corrected chi connectivity index (χ2v) is 4.72. The summed E-state index contributed by atoms with van der Waals surface area (Å²) >= 11 is 0. The zero-order valence-corrected chi connectivity index (χ0v) is 9.11. The lowest BCUT2D eigenvalue weighted by Gasteiger charge is -2.20. The first kappa shape index (κ1) is 10.9. The third-order valence-electron chi connectivity index (χ3n) is 3.33. The SMILES string of the molecule is CC(CNC1CCOC1C1CC1)C(=O)O. The molecule has 4 heteroatoms. The van der Waals surface area contributed by atoms with E-state index < -0.39 is 5.97 Å². The van der Waals surface area contributed by atoms with Gasteiger partial charge in [0, 0.05) is 19.2 Å². The molecule has 0 amide bonds. The van der Waals surface area contributed by atoms with Gasteiger partial charge in [-0.1, -0.05) is 6.92 Å². The minimum atomic E-state index is -0.732. The molecule has 2 aliphatic rings. The Morgan fingerprint density at radius 1 is 1.53 bits per heavy atom. The van der Waals surface area contributed by atoms with Crippen molar-refractivity contribution in [3.8, 4) is 0 Å². The van der Waals surface area contributed by atoms with E-state index in [1.54, 1.807) is 6.92 Å². The van der Waals surface area contributed by atoms with E-state index >= 15 is 0 Å². The number of nitrogens with one attached hydrogen (secondary N) is 1. The van der Waals surface area contributed by atoms with Gasteiger partial charge >= 0.3 is 5.97 Å². The number of ether oxygens (including phenoxy) is 1. The van der Waals surface area contributed by atoms with Crippen LogP contribution in [0.15, 0.2) is 0 Å². The fourth-order valence-corrected chi connectivity index (χ4v) is 2.13. The van der Waals surface area contributed by atoms with Gasteiger partial charge in [0.15, 0.2) is 0 Å². The summed E-state index contributed by atoms with van der Waals surface area (Å²) < 4.78 is 5.67. The van der Waals surface area contributed by atoms with Crippen LogP contribution in [0, 0.1) is 11.8 Å². The highest BCUT2D eigenvalue weighted by Gasteiger charge is 2.40. The van der Waals surface area contributed by atoms with Crippen molar-refractivity contribution in [2.75, 3.05) is 13.2 Å². The Kier molecular flexibility index (Phi) is 3.26. The summed E-state index contributed by atoms with van der Waals surface area (Å²) in [5, 5.41) is 12.1. The van der Waals surface area contributed by atoms with Crippen LogP contribution in [0.1, 0.15) is 26.2 Å². The molecule has 2 N–H and O–H groups in total. The molecule has 86 valence electrons. The van der Waals surface area contributed by atoms with Crippen molar-refractivity contribution in [2.24, 2.45) is 11.8 Å². The van der Waals surface area contributed by atoms with E-state index in [1.165, 1.54) is 12.8 Å². The minimum Gasteiger partial charge on any atom is -0.481 e. The van der Waals surface area contributed by atoms with E-state index in [1.807, 2.05) is 0 Å². The van der Waals surface area contributed by atoms with E-state index in [0.29, 0.717) is 18.7 Å². The highest BCUT2D eigenvalue weighted by molar-refractivity contribution is 5.69. The number of rotatable bonds is 5. The maximum Gasteiger partial charge on any atom is 0.307 e. The molecule has 1 aliphatic carbocycles. The summed E-state index contributed by atoms with van der Waals surface area (Å²) in [5.41, 5.74) is 0. The van der Waals surface area contributed by atoms with E-state index in [2.05, 4.69) is 5.32 Å². The van der Waals surface area contributed by atoms with Crippen LogP contribution in [0.2, 0.25) is 0 Å². The first-order valence-corrected chi connectivity index (χ1v) is 5.76. The van der Waals surface area contributed by atoms with Crippen molar-refractivity contribution in [3.05, 3.63) is 0 Å². The molecule has 0 aromatic carbocycles. The lowest BCUT2D eigenvalue weighted by molar-refractivity contribution is -0.141. The Labute approximate surface area is 90.0 Å². The van der Waals surface area contributed by atoms with Gasteiger partial charge in [-0.2, -0.15) is 0 Å². The lowest BCUT2D eigenvalue weighted by Crippen LogP contribution is -2.41. The Hall–Kier alpha value is -0.610. The van der Waals surface area contributed by atoms with Crippen molar-refractivity contribution >= 4 is 5.97 Å². The molecule has 4 nitrogen and oxygen atoms in total. The molecule has 0 radical (unpaired) electrons. The molecule has 1 saturated heterocycles. The molecule has 0 aromatic heterocycles. The molecule has 3 unspecified atom stereocenters. The molecule has 15 heavy (non-hydrogen) atoms. The quantitative estimate of drug-likeness (QED) is 0.711. The zero-order valence-electron chi connectivity index (χ0n) is 9.11. The van der Waals surface area contributed by atoms with E-state index in [4.69, 9.17) is 9.84 Å². The highest BCUT2D eigenvalue weighted by atomic mass is 16.5. The van der Waals surface area contributed by atoms with Crippen LogP contribution >= 0.6 is 0 Å². The zero-order chi connectivity index (χ0) is 10.8. The second kappa shape index (κ2) is 4.49. The van der Waals surface area contributed by atoms with Crippen molar-refractivity contribution in [2.45, 2.75) is 38.3 Å². The smallest absolute Gasteiger partial charge is 0.307 e. The van der Waals surface area contributed by atoms with Crippen LogP contribution in [0.5, 0.6) is 0 Å². The average Bonchev–Trinajstić information content (AvgIpc) is 2.94. The monoisotopic (exact) mass is 213 g/mol. The molecular formula is C11H19NO3. The third kappa shape index (κ3) is 2.69. The van der Waals surface area contributed by atoms with Gasteiger partial charge in [0.2, 0.25) is 0 Å². The Balaban J connectivity index is 1.75. The summed E-state index contributed by atoms with van der Waals surface area (Å²) in [6.45, 7) is 3.10. The summed E-state index contributed by atoms with van der Waals surface area (Å²) in [6.07, 6.45) is 3.91. The Morgan fingerprint density at radius 3 is 2.87 bits per heavy atom. The lowest BCUT2D eigenvalue weighted by atomic mass is 10.1. The number of aliphatic carboxylic acids is 1. The van der Waals surface area contributed by atoms with Crippen molar-refractivity contribution < 1.29 is 14.6 Å². The number of hydrogen-bond donors (Lipinski definition) is 2. The van der Waals surface area contributed by atoms with Crippen molar-refractivity contribution in [1.82, 2.24) is 5.32 Å². The highest BCUT2D eigenvalue weighted by Crippen LogP contribution is 2.38. The molecule has 0 bridgehead atoms. The Bertz CT molecular complexity index is 240. The molecule has 0 spiro atoms. The van der Waals surface area contributed by atoms with Gasteiger partial charge in [0.25, 0.3) is 0 Å². The van der Waals surface area contributed by atoms with Gasteiger partial charge in [0.05, 0.1) is 12.0 Å². The predicted molar refractivity (Wildman–Crippen MR) is 55.7 cm³/mol. The van der Waals surface area contributed by atoms with Crippen LogP contribution in [0.25, 0.3) is 0 Å². The molecule has 1 aliphatic heterocycles. The predicted octanol–water partition coefficient (Wildman–Crippen LogP) is 0.864. The molecule has 1 saturated carbocycles. The first-order valence-electron chi connectivity index (χ1n) is 5.76. The van der Waals surface area contributed by atoms with E-state index in [0.717, 1.165) is 18.9 Å². The molecule has 0 aromatic rings. The number of carboxylic acids is 1. The normalized spacial score (nSPS) is 32.9. The largest absolute Gasteiger partial charge is 0.481 e. The molecule has 1 heterocycles. The maximum absolute atomic E-state index is 10.7. The Morgan fingerprint density at radius 2 is 2.27 bits per heavy atom. The van der Waals surface area contributed by atoms with Crippen molar-refractivity contribution in [1.29, 1.82) is 0 Å². The van der Waals surface area contributed by atoms with Crippen LogP contribution in [-0.2, 0) is 9.53 Å². The number of hydrogen-bond acceptors (Lipinski definition) is 3.